The minimum Gasteiger partial charge on any atom is -0.481 e. The number of carboxylic acids is 2. The van der Waals surface area contributed by atoms with Crippen LogP contribution in [0.1, 0.15) is 27.2 Å². The highest BCUT2D eigenvalue weighted by Crippen LogP contribution is 2.32. The molecule has 0 aliphatic heterocycles. The maximum absolute atomic E-state index is 10.8. The lowest BCUT2D eigenvalue weighted by molar-refractivity contribution is -0.145. The Bertz CT molecular complexity index is 265. The van der Waals surface area contributed by atoms with Gasteiger partial charge in [-0.3, -0.25) is 9.59 Å². The summed E-state index contributed by atoms with van der Waals surface area (Å²) in [4.78, 5) is 21.3. The van der Waals surface area contributed by atoms with Gasteiger partial charge in [0.2, 0.25) is 0 Å². The average Bonchev–Trinajstić information content (AvgIpc) is 2.01. The smallest absolute Gasteiger partial charge is 0.313 e. The number of hydrogen-bond donors (Lipinski definition) is 2. The van der Waals surface area contributed by atoms with Gasteiger partial charge in [-0.1, -0.05) is 19.1 Å². The molecule has 0 saturated heterocycles. The summed E-state index contributed by atoms with van der Waals surface area (Å²) in [7, 11) is 0. The van der Waals surface area contributed by atoms with Crippen molar-refractivity contribution in [3.8, 4) is 0 Å². The summed E-state index contributed by atoms with van der Waals surface area (Å²) in [5.41, 5.74) is -0.637. The lowest BCUT2D eigenvalue weighted by Gasteiger charge is -2.26. The van der Waals surface area contributed by atoms with Crippen molar-refractivity contribution < 1.29 is 19.8 Å². The van der Waals surface area contributed by atoms with Gasteiger partial charge in [-0.25, -0.2) is 0 Å². The maximum Gasteiger partial charge on any atom is 0.313 e. The fraction of sp³-hybridized carbons (Fsp3) is 0.600. The van der Waals surface area contributed by atoms with Gasteiger partial charge < -0.3 is 10.2 Å². The standard InChI is InChI=1S/C10H16O4/c1-6(5-8(11)12)7(2)10(3,4)9(13)14/h6H,2,5H2,1,3-4H3,(H,11,12)(H,13,14). The average molecular weight is 200 g/mol. The zero-order valence-corrected chi connectivity index (χ0v) is 8.70. The van der Waals surface area contributed by atoms with Gasteiger partial charge in [-0.05, 0) is 19.8 Å². The van der Waals surface area contributed by atoms with Crippen LogP contribution in [0.5, 0.6) is 0 Å². The third kappa shape index (κ3) is 2.87. The Hall–Kier alpha value is -1.32. The molecule has 14 heavy (non-hydrogen) atoms. The predicted octanol–water partition coefficient (Wildman–Crippen LogP) is 1.76. The van der Waals surface area contributed by atoms with Crippen LogP contribution in [0.2, 0.25) is 0 Å². The molecule has 80 valence electrons. The maximum atomic E-state index is 10.8. The number of carboxylic acid groups (broad SMARTS) is 2. The first-order valence-corrected chi connectivity index (χ1v) is 4.34. The van der Waals surface area contributed by atoms with Crippen LogP contribution in [-0.2, 0) is 9.59 Å². The molecule has 0 bridgehead atoms. The SMILES string of the molecule is C=C(C(C)CC(=O)O)C(C)(C)C(=O)O. The molecule has 0 heterocycles. The van der Waals surface area contributed by atoms with Crippen LogP contribution in [0.15, 0.2) is 12.2 Å². The van der Waals surface area contributed by atoms with Crippen molar-refractivity contribution in [1.29, 1.82) is 0 Å². The molecule has 0 amide bonds. The Morgan fingerprint density at radius 1 is 1.36 bits per heavy atom. The molecule has 0 aliphatic rings. The molecule has 1 atom stereocenters. The first-order valence-electron chi connectivity index (χ1n) is 4.34. The van der Waals surface area contributed by atoms with Gasteiger partial charge in [0.05, 0.1) is 11.8 Å². The van der Waals surface area contributed by atoms with Gasteiger partial charge in [0, 0.05) is 0 Å². The van der Waals surface area contributed by atoms with E-state index < -0.39 is 17.4 Å². The predicted molar refractivity (Wildman–Crippen MR) is 52.0 cm³/mol. The summed E-state index contributed by atoms with van der Waals surface area (Å²) in [6.07, 6.45) is -0.0878. The second-order valence-electron chi connectivity index (χ2n) is 3.95. The summed E-state index contributed by atoms with van der Waals surface area (Å²) >= 11 is 0. The quantitative estimate of drug-likeness (QED) is 0.663. The first-order chi connectivity index (χ1) is 6.19. The fourth-order valence-corrected chi connectivity index (χ4v) is 1.14. The van der Waals surface area contributed by atoms with Gasteiger partial charge in [0.25, 0.3) is 0 Å². The van der Waals surface area contributed by atoms with Crippen LogP contribution < -0.4 is 0 Å². The van der Waals surface area contributed by atoms with Crippen molar-refractivity contribution in [3.63, 3.8) is 0 Å². The molecule has 0 saturated carbocycles. The molecule has 0 spiro atoms. The van der Waals surface area contributed by atoms with E-state index in [0.717, 1.165) is 0 Å². The third-order valence-corrected chi connectivity index (χ3v) is 2.41. The lowest BCUT2D eigenvalue weighted by atomic mass is 9.78. The van der Waals surface area contributed by atoms with E-state index in [-0.39, 0.29) is 12.3 Å². The second kappa shape index (κ2) is 4.26. The molecule has 2 N–H and O–H groups in total. The molecular weight excluding hydrogens is 184 g/mol. The molecule has 0 aromatic carbocycles. The third-order valence-electron chi connectivity index (χ3n) is 2.41. The molecule has 4 heteroatoms. The summed E-state index contributed by atoms with van der Waals surface area (Å²) < 4.78 is 0. The van der Waals surface area contributed by atoms with Crippen molar-refractivity contribution in [1.82, 2.24) is 0 Å². The van der Waals surface area contributed by atoms with E-state index in [1.54, 1.807) is 6.92 Å². The van der Waals surface area contributed by atoms with Crippen LogP contribution in [0.25, 0.3) is 0 Å². The number of aliphatic carboxylic acids is 2. The van der Waals surface area contributed by atoms with E-state index in [2.05, 4.69) is 6.58 Å². The Balaban J connectivity index is 4.61. The highest BCUT2D eigenvalue weighted by Gasteiger charge is 2.33. The van der Waals surface area contributed by atoms with E-state index in [0.29, 0.717) is 5.57 Å². The summed E-state index contributed by atoms with van der Waals surface area (Å²) in [5.74, 6) is -2.27. The zero-order valence-electron chi connectivity index (χ0n) is 8.70. The Morgan fingerprint density at radius 2 is 1.79 bits per heavy atom. The van der Waals surface area contributed by atoms with E-state index in [1.165, 1.54) is 13.8 Å². The van der Waals surface area contributed by atoms with Crippen LogP contribution in [0.3, 0.4) is 0 Å². The van der Waals surface area contributed by atoms with Gasteiger partial charge in [0.15, 0.2) is 0 Å². The number of hydrogen-bond acceptors (Lipinski definition) is 2. The molecule has 4 nitrogen and oxygen atoms in total. The van der Waals surface area contributed by atoms with Crippen molar-refractivity contribution >= 4 is 11.9 Å². The van der Waals surface area contributed by atoms with Crippen LogP contribution in [0, 0.1) is 11.3 Å². The van der Waals surface area contributed by atoms with E-state index in [1.807, 2.05) is 0 Å². The molecule has 0 aromatic rings. The minimum absolute atomic E-state index is 0.0878. The normalized spacial score (nSPS) is 13.4. The lowest BCUT2D eigenvalue weighted by Crippen LogP contribution is -2.29. The highest BCUT2D eigenvalue weighted by molar-refractivity contribution is 5.78. The molecule has 0 aliphatic carbocycles. The summed E-state index contributed by atoms with van der Waals surface area (Å²) in [5, 5.41) is 17.4. The zero-order chi connectivity index (χ0) is 11.5. The number of carbonyl (C=O) groups is 2. The number of rotatable bonds is 5. The van der Waals surface area contributed by atoms with Crippen molar-refractivity contribution in [2.45, 2.75) is 27.2 Å². The van der Waals surface area contributed by atoms with E-state index >= 15 is 0 Å². The van der Waals surface area contributed by atoms with Gasteiger partial charge >= 0.3 is 11.9 Å². The van der Waals surface area contributed by atoms with Crippen molar-refractivity contribution in [2.24, 2.45) is 11.3 Å². The van der Waals surface area contributed by atoms with Crippen LogP contribution >= 0.6 is 0 Å². The second-order valence-corrected chi connectivity index (χ2v) is 3.95. The Kier molecular flexibility index (Phi) is 3.86. The first kappa shape index (κ1) is 12.7. The van der Waals surface area contributed by atoms with Crippen molar-refractivity contribution in [3.05, 3.63) is 12.2 Å². The van der Waals surface area contributed by atoms with E-state index in [4.69, 9.17) is 10.2 Å². The molecular formula is C10H16O4. The summed E-state index contributed by atoms with van der Waals surface area (Å²) in [6, 6.07) is 0. The van der Waals surface area contributed by atoms with Gasteiger partial charge in [-0.2, -0.15) is 0 Å². The Morgan fingerprint density at radius 3 is 2.07 bits per heavy atom. The molecule has 0 rings (SSSR count). The molecule has 0 radical (unpaired) electrons. The van der Waals surface area contributed by atoms with Crippen LogP contribution in [0.4, 0.5) is 0 Å². The van der Waals surface area contributed by atoms with Gasteiger partial charge in [-0.15, -0.1) is 0 Å². The van der Waals surface area contributed by atoms with Gasteiger partial charge in [0.1, 0.15) is 0 Å². The molecule has 0 aromatic heterocycles. The molecule has 0 fully saturated rings. The Labute approximate surface area is 83.2 Å². The van der Waals surface area contributed by atoms with Crippen molar-refractivity contribution in [2.75, 3.05) is 0 Å². The monoisotopic (exact) mass is 200 g/mol. The van der Waals surface area contributed by atoms with E-state index in [9.17, 15) is 9.59 Å². The largest absolute Gasteiger partial charge is 0.481 e. The minimum atomic E-state index is -1.07. The molecule has 1 unspecified atom stereocenters. The summed E-state index contributed by atoms with van der Waals surface area (Å²) in [6.45, 7) is 8.37. The highest BCUT2D eigenvalue weighted by atomic mass is 16.4. The fourth-order valence-electron chi connectivity index (χ4n) is 1.14. The van der Waals surface area contributed by atoms with Crippen LogP contribution in [-0.4, -0.2) is 22.2 Å². The topological polar surface area (TPSA) is 74.6 Å².